The fourth-order valence-corrected chi connectivity index (χ4v) is 1.29. The molecule has 0 unspecified atom stereocenters. The van der Waals surface area contributed by atoms with Crippen LogP contribution in [0.4, 0.5) is 0 Å². The molecule has 0 aliphatic heterocycles. The molecular formula is C7H11N3O2. The fraction of sp³-hybridized carbons (Fsp3) is 0.714. The number of aromatic amines is 1. The van der Waals surface area contributed by atoms with Crippen molar-refractivity contribution < 1.29 is 5.11 Å². The average Bonchev–Trinajstić information content (AvgIpc) is 2.74. The van der Waals surface area contributed by atoms with Crippen molar-refractivity contribution in [3.05, 3.63) is 16.8 Å². The van der Waals surface area contributed by atoms with Gasteiger partial charge in [0.05, 0.1) is 6.61 Å². The summed E-state index contributed by atoms with van der Waals surface area (Å²) in [4.78, 5) is 11.0. The summed E-state index contributed by atoms with van der Waals surface area (Å²) in [6, 6.07) is 0. The second-order valence-corrected chi connectivity index (χ2v) is 3.45. The van der Waals surface area contributed by atoms with Gasteiger partial charge in [-0.2, -0.15) is 5.10 Å². The van der Waals surface area contributed by atoms with Crippen LogP contribution in [0, 0.1) is 5.41 Å². The Bertz CT molecular complexity index is 323. The molecule has 0 bridgehead atoms. The van der Waals surface area contributed by atoms with Crippen molar-refractivity contribution >= 4 is 0 Å². The summed E-state index contributed by atoms with van der Waals surface area (Å²) in [6.45, 7) is 0.740. The first-order valence-electron chi connectivity index (χ1n) is 3.96. The second-order valence-electron chi connectivity index (χ2n) is 3.45. The maximum absolute atomic E-state index is 11.0. The summed E-state index contributed by atoms with van der Waals surface area (Å²) in [5.74, 6) is 0. The molecular weight excluding hydrogens is 158 g/mol. The first-order chi connectivity index (χ1) is 5.76. The highest BCUT2D eigenvalue weighted by atomic mass is 16.3. The number of hydrogen-bond acceptors (Lipinski definition) is 3. The predicted octanol–water partition coefficient (Wildman–Crippen LogP) is -0.656. The molecule has 1 fully saturated rings. The zero-order valence-electron chi connectivity index (χ0n) is 6.66. The van der Waals surface area contributed by atoms with Gasteiger partial charge in [0, 0.05) is 12.0 Å². The molecule has 1 aliphatic rings. The van der Waals surface area contributed by atoms with Gasteiger partial charge in [-0.05, 0) is 12.8 Å². The minimum absolute atomic E-state index is 0.0340. The molecule has 1 heterocycles. The van der Waals surface area contributed by atoms with E-state index >= 15 is 0 Å². The Balaban J connectivity index is 2.14. The minimum atomic E-state index is -0.199. The summed E-state index contributed by atoms with van der Waals surface area (Å²) in [5, 5.41) is 14.9. The lowest BCUT2D eigenvalue weighted by Gasteiger charge is -2.09. The fourth-order valence-electron chi connectivity index (χ4n) is 1.29. The molecule has 2 N–H and O–H groups in total. The van der Waals surface area contributed by atoms with E-state index in [2.05, 4.69) is 10.2 Å². The molecule has 1 aromatic rings. The molecule has 12 heavy (non-hydrogen) atoms. The smallest absolute Gasteiger partial charge is 0.343 e. The Morgan fingerprint density at radius 1 is 1.75 bits per heavy atom. The molecule has 0 radical (unpaired) electrons. The van der Waals surface area contributed by atoms with Crippen LogP contribution < -0.4 is 5.69 Å². The molecule has 0 spiro atoms. The van der Waals surface area contributed by atoms with E-state index in [0.717, 1.165) is 12.8 Å². The third kappa shape index (κ3) is 1.16. The van der Waals surface area contributed by atoms with E-state index in [-0.39, 0.29) is 17.7 Å². The highest BCUT2D eigenvalue weighted by molar-refractivity contribution is 4.92. The Labute approximate surface area is 69.0 Å². The highest BCUT2D eigenvalue weighted by Gasteiger charge is 2.42. The molecule has 5 nitrogen and oxygen atoms in total. The van der Waals surface area contributed by atoms with Crippen molar-refractivity contribution in [3.63, 3.8) is 0 Å². The summed E-state index contributed by atoms with van der Waals surface area (Å²) >= 11 is 0. The van der Waals surface area contributed by atoms with Gasteiger partial charge in [0.25, 0.3) is 0 Å². The minimum Gasteiger partial charge on any atom is -0.396 e. The third-order valence-electron chi connectivity index (χ3n) is 2.42. The molecule has 1 saturated carbocycles. The lowest BCUT2D eigenvalue weighted by molar-refractivity contribution is 0.193. The van der Waals surface area contributed by atoms with E-state index < -0.39 is 0 Å². The van der Waals surface area contributed by atoms with Crippen molar-refractivity contribution in [1.82, 2.24) is 14.8 Å². The molecule has 2 rings (SSSR count). The van der Waals surface area contributed by atoms with Crippen molar-refractivity contribution in [1.29, 1.82) is 0 Å². The number of aliphatic hydroxyl groups is 1. The molecule has 66 valence electrons. The van der Waals surface area contributed by atoms with Crippen LogP contribution in [0.15, 0.2) is 11.1 Å². The van der Waals surface area contributed by atoms with Crippen LogP contribution in [0.5, 0.6) is 0 Å². The van der Waals surface area contributed by atoms with E-state index in [0.29, 0.717) is 6.54 Å². The van der Waals surface area contributed by atoms with Gasteiger partial charge in [0.1, 0.15) is 6.33 Å². The average molecular weight is 169 g/mol. The van der Waals surface area contributed by atoms with Gasteiger partial charge in [0.2, 0.25) is 0 Å². The predicted molar refractivity (Wildman–Crippen MR) is 41.6 cm³/mol. The quantitative estimate of drug-likeness (QED) is 0.631. The van der Waals surface area contributed by atoms with Gasteiger partial charge >= 0.3 is 5.69 Å². The standard InChI is InChI=1S/C7H11N3O2/c11-4-7(1-2-7)3-10-5-8-9-6(10)12/h5,11H,1-4H2,(H,9,12). The summed E-state index contributed by atoms with van der Waals surface area (Å²) in [6.07, 6.45) is 3.47. The SMILES string of the molecule is O=c1[nH]ncn1CC1(CO)CC1. The van der Waals surface area contributed by atoms with Crippen molar-refractivity contribution in [2.24, 2.45) is 5.41 Å². The van der Waals surface area contributed by atoms with Crippen molar-refractivity contribution in [2.45, 2.75) is 19.4 Å². The third-order valence-corrected chi connectivity index (χ3v) is 2.42. The largest absolute Gasteiger partial charge is 0.396 e. The number of rotatable bonds is 3. The van der Waals surface area contributed by atoms with Crippen molar-refractivity contribution in [2.75, 3.05) is 6.61 Å². The van der Waals surface area contributed by atoms with Gasteiger partial charge in [-0.25, -0.2) is 9.89 Å². The molecule has 0 saturated heterocycles. The van der Waals surface area contributed by atoms with Crippen LogP contribution in [0.25, 0.3) is 0 Å². The molecule has 5 heteroatoms. The van der Waals surface area contributed by atoms with E-state index in [4.69, 9.17) is 5.11 Å². The Kier molecular flexibility index (Phi) is 1.54. The second kappa shape index (κ2) is 2.45. The summed E-state index contributed by atoms with van der Waals surface area (Å²) < 4.78 is 1.50. The zero-order valence-corrected chi connectivity index (χ0v) is 6.66. The van der Waals surface area contributed by atoms with Crippen molar-refractivity contribution in [3.8, 4) is 0 Å². The number of aliphatic hydroxyl groups excluding tert-OH is 1. The van der Waals surface area contributed by atoms with Crippen LogP contribution >= 0.6 is 0 Å². The van der Waals surface area contributed by atoms with Crippen LogP contribution in [-0.4, -0.2) is 26.5 Å². The van der Waals surface area contributed by atoms with Gasteiger partial charge in [-0.1, -0.05) is 0 Å². The van der Waals surface area contributed by atoms with E-state index in [1.54, 1.807) is 0 Å². The number of aromatic nitrogens is 3. The maximum Gasteiger partial charge on any atom is 0.343 e. The Hall–Kier alpha value is -1.10. The molecule has 0 atom stereocenters. The van der Waals surface area contributed by atoms with Crippen LogP contribution in [0.3, 0.4) is 0 Å². The highest BCUT2D eigenvalue weighted by Crippen LogP contribution is 2.46. The molecule has 0 aromatic carbocycles. The van der Waals surface area contributed by atoms with Crippen LogP contribution in [-0.2, 0) is 6.54 Å². The first-order valence-corrected chi connectivity index (χ1v) is 3.96. The number of nitrogens with zero attached hydrogens (tertiary/aromatic N) is 2. The van der Waals surface area contributed by atoms with E-state index in [1.807, 2.05) is 0 Å². The lowest BCUT2D eigenvalue weighted by Crippen LogP contribution is -2.23. The topological polar surface area (TPSA) is 70.9 Å². The molecule has 0 amide bonds. The van der Waals surface area contributed by atoms with Crippen LogP contribution in [0.2, 0.25) is 0 Å². The first kappa shape index (κ1) is 7.54. The molecule has 1 aromatic heterocycles. The Morgan fingerprint density at radius 3 is 2.92 bits per heavy atom. The normalized spacial score (nSPS) is 19.4. The monoisotopic (exact) mass is 169 g/mol. The van der Waals surface area contributed by atoms with Gasteiger partial charge in [-0.15, -0.1) is 0 Å². The maximum atomic E-state index is 11.0. The Morgan fingerprint density at radius 2 is 2.50 bits per heavy atom. The zero-order chi connectivity index (χ0) is 8.60. The van der Waals surface area contributed by atoms with Gasteiger partial charge < -0.3 is 5.11 Å². The lowest BCUT2D eigenvalue weighted by atomic mass is 10.1. The van der Waals surface area contributed by atoms with E-state index in [1.165, 1.54) is 10.9 Å². The number of H-pyrrole nitrogens is 1. The summed E-state index contributed by atoms with van der Waals surface area (Å²) in [5.41, 5.74) is -0.233. The molecule has 1 aliphatic carbocycles. The number of hydrogen-bond donors (Lipinski definition) is 2. The van der Waals surface area contributed by atoms with Crippen LogP contribution in [0.1, 0.15) is 12.8 Å². The van der Waals surface area contributed by atoms with Gasteiger partial charge in [-0.3, -0.25) is 4.57 Å². The summed E-state index contributed by atoms with van der Waals surface area (Å²) in [7, 11) is 0. The number of nitrogens with one attached hydrogen (secondary N) is 1. The van der Waals surface area contributed by atoms with Gasteiger partial charge in [0.15, 0.2) is 0 Å². The van der Waals surface area contributed by atoms with E-state index in [9.17, 15) is 4.79 Å².